The smallest absolute Gasteiger partial charge is 0.407 e. The van der Waals surface area contributed by atoms with Gasteiger partial charge in [-0.2, -0.15) is 0 Å². The number of rotatable bonds is 5. The van der Waals surface area contributed by atoms with Crippen molar-refractivity contribution in [2.24, 2.45) is 11.3 Å². The van der Waals surface area contributed by atoms with Crippen molar-refractivity contribution in [2.75, 3.05) is 40.5 Å². The Labute approximate surface area is 207 Å². The Morgan fingerprint density at radius 1 is 1.09 bits per heavy atom. The lowest BCUT2D eigenvalue weighted by molar-refractivity contribution is -0.0361. The molecule has 6 rings (SSSR count). The summed E-state index contributed by atoms with van der Waals surface area (Å²) >= 11 is 0. The first kappa shape index (κ1) is 23.8. The summed E-state index contributed by atoms with van der Waals surface area (Å²) in [6, 6.07) is 9.74. The molecule has 2 unspecified atom stereocenters. The molecule has 1 amide bonds. The van der Waals surface area contributed by atoms with Crippen LogP contribution in [0.25, 0.3) is 11.1 Å². The topological polar surface area (TPSA) is 69.3 Å². The minimum Gasteiger partial charge on any atom is -0.497 e. The fourth-order valence-electron chi connectivity index (χ4n) is 5.75. The third kappa shape index (κ3) is 4.54. The number of carbonyl (C=O) groups excluding carboxylic acids is 1. The number of amides is 1. The summed E-state index contributed by atoms with van der Waals surface area (Å²) in [4.78, 5) is 15.5. The molecule has 7 nitrogen and oxygen atoms in total. The molecule has 0 radical (unpaired) electrons. The third-order valence-corrected chi connectivity index (χ3v) is 7.86. The number of piperidine rings is 3. The fourth-order valence-corrected chi connectivity index (χ4v) is 5.75. The Hall–Kier alpha value is -2.93. The number of carbonyl (C=O) groups is 1. The molecular weight excluding hydrogens is 444 g/mol. The summed E-state index contributed by atoms with van der Waals surface area (Å²) in [6.07, 6.45) is 1.82. The van der Waals surface area contributed by atoms with E-state index in [1.165, 1.54) is 0 Å². The highest BCUT2D eigenvalue weighted by molar-refractivity contribution is 5.77. The van der Waals surface area contributed by atoms with Crippen molar-refractivity contribution in [1.82, 2.24) is 10.2 Å². The molecule has 35 heavy (non-hydrogen) atoms. The Morgan fingerprint density at radius 3 is 2.49 bits per heavy atom. The number of nitrogens with one attached hydrogen (secondary N) is 1. The Balaban J connectivity index is 1.43. The summed E-state index contributed by atoms with van der Waals surface area (Å²) in [5.74, 6) is 2.77. The van der Waals surface area contributed by atoms with Crippen molar-refractivity contribution >= 4 is 6.09 Å². The van der Waals surface area contributed by atoms with Gasteiger partial charge in [0, 0.05) is 23.1 Å². The van der Waals surface area contributed by atoms with Crippen molar-refractivity contribution in [3.8, 4) is 28.4 Å². The van der Waals surface area contributed by atoms with Crippen LogP contribution in [0.5, 0.6) is 17.2 Å². The zero-order chi connectivity index (χ0) is 24.7. The molecule has 3 fully saturated rings. The fraction of sp³-hybridized carbons (Fsp3) is 0.536. The molecule has 2 aromatic carbocycles. The Bertz CT molecular complexity index is 1110. The van der Waals surface area contributed by atoms with Gasteiger partial charge in [-0.15, -0.1) is 0 Å². The highest BCUT2D eigenvalue weighted by atomic mass is 16.6. The minimum atomic E-state index is -0.358. The van der Waals surface area contributed by atoms with E-state index in [0.717, 1.165) is 72.0 Å². The minimum absolute atomic E-state index is 0.0325. The predicted molar refractivity (Wildman–Crippen MR) is 134 cm³/mol. The molecule has 0 spiro atoms. The molecule has 2 atom stereocenters. The summed E-state index contributed by atoms with van der Waals surface area (Å²) in [7, 11) is 3.33. The molecule has 2 aromatic rings. The number of benzene rings is 2. The molecule has 0 saturated carbocycles. The van der Waals surface area contributed by atoms with E-state index in [0.29, 0.717) is 12.5 Å². The third-order valence-electron chi connectivity index (χ3n) is 7.86. The largest absolute Gasteiger partial charge is 0.497 e. The number of nitrogens with zero attached hydrogens (tertiary/aromatic N) is 1. The normalized spacial score (nSPS) is 26.3. The lowest BCUT2D eigenvalue weighted by atomic mass is 9.78. The van der Waals surface area contributed by atoms with Gasteiger partial charge < -0.3 is 24.3 Å². The van der Waals surface area contributed by atoms with Gasteiger partial charge in [-0.3, -0.25) is 4.90 Å². The van der Waals surface area contributed by atoms with E-state index in [9.17, 15) is 4.79 Å². The van der Waals surface area contributed by atoms with Gasteiger partial charge in [0.05, 0.1) is 26.9 Å². The number of aryl methyl sites for hydroxylation is 1. The van der Waals surface area contributed by atoms with E-state index >= 15 is 0 Å². The summed E-state index contributed by atoms with van der Waals surface area (Å²) < 4.78 is 23.3. The molecule has 3 saturated heterocycles. The van der Waals surface area contributed by atoms with Crippen molar-refractivity contribution in [3.05, 3.63) is 41.5 Å². The number of alkyl carbamates (subject to hydrolysis) is 1. The van der Waals surface area contributed by atoms with Crippen LogP contribution >= 0.6 is 0 Å². The van der Waals surface area contributed by atoms with Crippen molar-refractivity contribution in [2.45, 2.75) is 45.8 Å². The van der Waals surface area contributed by atoms with Crippen LogP contribution < -0.4 is 19.5 Å². The van der Waals surface area contributed by atoms with Crippen LogP contribution in [0.3, 0.4) is 0 Å². The van der Waals surface area contributed by atoms with E-state index in [2.05, 4.69) is 31.0 Å². The van der Waals surface area contributed by atoms with Crippen LogP contribution in [0.15, 0.2) is 30.3 Å². The molecule has 1 N–H and O–H groups in total. The number of methoxy groups -OCH3 is 2. The Morgan fingerprint density at radius 2 is 1.86 bits per heavy atom. The average molecular weight is 481 g/mol. The molecule has 0 aromatic heterocycles. The van der Waals surface area contributed by atoms with Crippen molar-refractivity contribution in [3.63, 3.8) is 0 Å². The first-order valence-corrected chi connectivity index (χ1v) is 12.5. The average Bonchev–Trinajstić information content (AvgIpc) is 2.86. The van der Waals surface area contributed by atoms with Gasteiger partial charge in [-0.05, 0) is 74.2 Å². The van der Waals surface area contributed by atoms with Crippen LogP contribution in [0.4, 0.5) is 4.79 Å². The molecule has 7 heteroatoms. The molecule has 188 valence electrons. The molecule has 2 bridgehead atoms. The van der Waals surface area contributed by atoms with E-state index in [4.69, 9.17) is 18.9 Å². The van der Waals surface area contributed by atoms with E-state index < -0.39 is 0 Å². The van der Waals surface area contributed by atoms with Gasteiger partial charge in [0.15, 0.2) is 0 Å². The number of hydrogen-bond donors (Lipinski definition) is 1. The second-order valence-corrected chi connectivity index (χ2v) is 10.7. The highest BCUT2D eigenvalue weighted by Gasteiger charge is 2.41. The quantitative estimate of drug-likeness (QED) is 0.652. The number of fused-ring (bicyclic) bond motifs is 4. The van der Waals surface area contributed by atoms with Crippen LogP contribution in [0.1, 0.15) is 43.9 Å². The van der Waals surface area contributed by atoms with Gasteiger partial charge in [-0.1, -0.05) is 19.9 Å². The van der Waals surface area contributed by atoms with E-state index in [-0.39, 0.29) is 23.7 Å². The van der Waals surface area contributed by atoms with Gasteiger partial charge >= 0.3 is 6.09 Å². The monoisotopic (exact) mass is 480 g/mol. The zero-order valence-electron chi connectivity index (χ0n) is 21.3. The standard InChI is InChI=1S/C28H36N2O5/c1-17-12-19(32-4)6-7-20(17)21-13-24-22(14-23(21)33-5)26(28(2,3)16-34-24)29-27(31)35-25-15-30-10-8-18(25)9-11-30/h6-7,12-14,18,25-26H,8-11,15-16H2,1-5H3,(H,29,31). The maximum atomic E-state index is 13.1. The van der Waals surface area contributed by atoms with Crippen LogP contribution in [-0.2, 0) is 4.74 Å². The van der Waals surface area contributed by atoms with Crippen LogP contribution in [-0.4, -0.2) is 57.6 Å². The van der Waals surface area contributed by atoms with Gasteiger partial charge in [0.1, 0.15) is 23.4 Å². The SMILES string of the molecule is COc1ccc(-c2cc3c(cc2OC)C(NC(=O)OC2CN4CCC2CC4)C(C)(C)CO3)c(C)c1. The highest BCUT2D eigenvalue weighted by Crippen LogP contribution is 2.48. The lowest BCUT2D eigenvalue weighted by Gasteiger charge is -2.44. The van der Waals surface area contributed by atoms with Crippen molar-refractivity contribution < 1.29 is 23.7 Å². The predicted octanol–water partition coefficient (Wildman–Crippen LogP) is 4.96. The summed E-state index contributed by atoms with van der Waals surface area (Å²) in [5.41, 5.74) is 3.65. The molecule has 4 aliphatic heterocycles. The van der Waals surface area contributed by atoms with E-state index in [1.54, 1.807) is 14.2 Å². The number of hydrogen-bond acceptors (Lipinski definition) is 6. The maximum absolute atomic E-state index is 13.1. The zero-order valence-corrected chi connectivity index (χ0v) is 21.3. The van der Waals surface area contributed by atoms with Crippen LogP contribution in [0.2, 0.25) is 0 Å². The maximum Gasteiger partial charge on any atom is 0.407 e. The summed E-state index contributed by atoms with van der Waals surface area (Å²) in [6.45, 7) is 9.80. The summed E-state index contributed by atoms with van der Waals surface area (Å²) in [5, 5.41) is 3.18. The molecular formula is C28H36N2O5. The molecule has 4 aliphatic rings. The molecule has 4 heterocycles. The van der Waals surface area contributed by atoms with Gasteiger partial charge in [0.2, 0.25) is 0 Å². The second-order valence-electron chi connectivity index (χ2n) is 10.7. The second kappa shape index (κ2) is 9.26. The van der Waals surface area contributed by atoms with Crippen LogP contribution in [0, 0.1) is 18.3 Å². The lowest BCUT2D eigenvalue weighted by Crippen LogP contribution is -2.53. The molecule has 0 aliphatic carbocycles. The van der Waals surface area contributed by atoms with Gasteiger partial charge in [0.25, 0.3) is 0 Å². The van der Waals surface area contributed by atoms with E-state index in [1.807, 2.05) is 30.3 Å². The first-order chi connectivity index (χ1) is 16.8. The first-order valence-electron chi connectivity index (χ1n) is 12.5. The van der Waals surface area contributed by atoms with Crippen molar-refractivity contribution in [1.29, 1.82) is 0 Å². The Kier molecular flexibility index (Phi) is 6.30. The number of ether oxygens (including phenoxy) is 4. The van der Waals surface area contributed by atoms with Gasteiger partial charge in [-0.25, -0.2) is 4.79 Å².